The third-order valence-corrected chi connectivity index (χ3v) is 2.04. The smallest absolute Gasteiger partial charge is 0.141 e. The Morgan fingerprint density at radius 1 is 1.29 bits per heavy atom. The Morgan fingerprint density at radius 3 is 2.86 bits per heavy atom. The van der Waals surface area contributed by atoms with Crippen LogP contribution in [-0.2, 0) is 0 Å². The van der Waals surface area contributed by atoms with E-state index in [-0.39, 0.29) is 0 Å². The van der Waals surface area contributed by atoms with Gasteiger partial charge < -0.3 is 4.74 Å². The first-order valence-corrected chi connectivity index (χ1v) is 4.17. The van der Waals surface area contributed by atoms with Gasteiger partial charge in [-0.15, -0.1) is 0 Å². The Bertz CT molecular complexity index is 514. The van der Waals surface area contributed by atoms with E-state index in [9.17, 15) is 0 Å². The highest BCUT2D eigenvalue weighted by atomic mass is 16.5. The van der Waals surface area contributed by atoms with Gasteiger partial charge in [0, 0.05) is 11.6 Å². The van der Waals surface area contributed by atoms with E-state index in [0.29, 0.717) is 5.69 Å². The Kier molecular flexibility index (Phi) is 2.04. The first-order valence-electron chi connectivity index (χ1n) is 4.17. The number of methoxy groups -OCH3 is 1. The second kappa shape index (κ2) is 3.35. The van der Waals surface area contributed by atoms with Crippen LogP contribution in [0.2, 0.25) is 0 Å². The molecule has 1 aromatic carbocycles. The number of benzene rings is 1. The molecule has 0 aliphatic heterocycles. The predicted molar refractivity (Wildman–Crippen MR) is 53.0 cm³/mol. The van der Waals surface area contributed by atoms with E-state index in [4.69, 9.17) is 10.00 Å². The van der Waals surface area contributed by atoms with Gasteiger partial charge in [-0.2, -0.15) is 5.26 Å². The van der Waals surface area contributed by atoms with E-state index >= 15 is 0 Å². The highest BCUT2D eigenvalue weighted by molar-refractivity contribution is 5.83. The lowest BCUT2D eigenvalue weighted by Gasteiger charge is -2.01. The standard InChI is InChI=1S/C11H8N2O/c1-14-11-3-2-8-4-10(6-12)13-7-9(8)5-11/h2-5,7H,1H3. The van der Waals surface area contributed by atoms with Crippen molar-refractivity contribution in [1.82, 2.24) is 4.98 Å². The van der Waals surface area contributed by atoms with Gasteiger partial charge in [-0.3, -0.25) is 0 Å². The molecule has 2 rings (SSSR count). The van der Waals surface area contributed by atoms with Gasteiger partial charge in [0.15, 0.2) is 0 Å². The number of ether oxygens (including phenoxy) is 1. The highest BCUT2D eigenvalue weighted by Gasteiger charge is 1.98. The molecule has 68 valence electrons. The van der Waals surface area contributed by atoms with Crippen LogP contribution >= 0.6 is 0 Å². The van der Waals surface area contributed by atoms with Crippen LogP contribution in [-0.4, -0.2) is 12.1 Å². The summed E-state index contributed by atoms with van der Waals surface area (Å²) in [7, 11) is 1.62. The average molecular weight is 184 g/mol. The van der Waals surface area contributed by atoms with Crippen molar-refractivity contribution in [2.45, 2.75) is 0 Å². The lowest BCUT2D eigenvalue weighted by Crippen LogP contribution is -1.85. The molecule has 0 aliphatic carbocycles. The molecule has 2 aromatic rings. The van der Waals surface area contributed by atoms with Crippen molar-refractivity contribution in [3.05, 3.63) is 36.2 Å². The number of hydrogen-bond acceptors (Lipinski definition) is 3. The minimum absolute atomic E-state index is 0.433. The zero-order chi connectivity index (χ0) is 9.97. The van der Waals surface area contributed by atoms with Crippen molar-refractivity contribution >= 4 is 10.8 Å². The van der Waals surface area contributed by atoms with Crippen LogP contribution in [0.1, 0.15) is 5.69 Å². The summed E-state index contributed by atoms with van der Waals surface area (Å²) in [6, 6.07) is 9.43. The zero-order valence-corrected chi connectivity index (χ0v) is 7.69. The zero-order valence-electron chi connectivity index (χ0n) is 7.69. The summed E-state index contributed by atoms with van der Waals surface area (Å²) in [4.78, 5) is 3.98. The summed E-state index contributed by atoms with van der Waals surface area (Å²) in [6.45, 7) is 0. The average Bonchev–Trinajstić information content (AvgIpc) is 2.27. The van der Waals surface area contributed by atoms with Crippen LogP contribution in [0.5, 0.6) is 5.75 Å². The molecule has 3 heteroatoms. The summed E-state index contributed by atoms with van der Waals surface area (Å²) in [5.41, 5.74) is 0.433. The molecule has 0 N–H and O–H groups in total. The SMILES string of the molecule is COc1ccc2cc(C#N)ncc2c1. The van der Waals surface area contributed by atoms with Crippen molar-refractivity contribution in [2.75, 3.05) is 7.11 Å². The first-order chi connectivity index (χ1) is 6.83. The van der Waals surface area contributed by atoms with Crippen LogP contribution in [0.4, 0.5) is 0 Å². The minimum atomic E-state index is 0.433. The molecular weight excluding hydrogens is 176 g/mol. The van der Waals surface area contributed by atoms with Gasteiger partial charge in [0.1, 0.15) is 17.5 Å². The Morgan fingerprint density at radius 2 is 2.14 bits per heavy atom. The van der Waals surface area contributed by atoms with Crippen LogP contribution < -0.4 is 4.74 Å². The summed E-state index contributed by atoms with van der Waals surface area (Å²) in [5.74, 6) is 0.795. The third-order valence-electron chi connectivity index (χ3n) is 2.04. The van der Waals surface area contributed by atoms with Crippen LogP contribution in [0.25, 0.3) is 10.8 Å². The second-order valence-corrected chi connectivity index (χ2v) is 2.89. The Balaban J connectivity index is 2.64. The maximum atomic E-state index is 8.66. The Hall–Kier alpha value is -2.08. The molecule has 14 heavy (non-hydrogen) atoms. The number of fused-ring (bicyclic) bond motifs is 1. The molecule has 0 radical (unpaired) electrons. The molecule has 0 saturated carbocycles. The minimum Gasteiger partial charge on any atom is -0.497 e. The van der Waals surface area contributed by atoms with E-state index in [1.54, 1.807) is 19.4 Å². The van der Waals surface area contributed by atoms with E-state index in [2.05, 4.69) is 4.98 Å². The lowest BCUT2D eigenvalue weighted by atomic mass is 10.1. The lowest BCUT2D eigenvalue weighted by molar-refractivity contribution is 0.415. The van der Waals surface area contributed by atoms with Crippen molar-refractivity contribution in [2.24, 2.45) is 0 Å². The summed E-state index contributed by atoms with van der Waals surface area (Å²) in [6.07, 6.45) is 1.68. The molecule has 0 amide bonds. The molecular formula is C11H8N2O. The van der Waals surface area contributed by atoms with Crippen LogP contribution in [0, 0.1) is 11.3 Å². The van der Waals surface area contributed by atoms with E-state index in [1.165, 1.54) is 0 Å². The molecule has 0 fully saturated rings. The van der Waals surface area contributed by atoms with Gasteiger partial charge in [0.2, 0.25) is 0 Å². The Labute approximate surface area is 81.6 Å². The van der Waals surface area contributed by atoms with Gasteiger partial charge >= 0.3 is 0 Å². The number of pyridine rings is 1. The maximum absolute atomic E-state index is 8.66. The summed E-state index contributed by atoms with van der Waals surface area (Å²) < 4.78 is 5.09. The third kappa shape index (κ3) is 1.38. The van der Waals surface area contributed by atoms with Gasteiger partial charge in [0.25, 0.3) is 0 Å². The fourth-order valence-corrected chi connectivity index (χ4v) is 1.31. The van der Waals surface area contributed by atoms with Crippen molar-refractivity contribution in [1.29, 1.82) is 5.26 Å². The molecule has 0 atom stereocenters. The molecule has 0 unspecified atom stereocenters. The molecule has 3 nitrogen and oxygen atoms in total. The largest absolute Gasteiger partial charge is 0.497 e. The van der Waals surface area contributed by atoms with Crippen LogP contribution in [0.15, 0.2) is 30.5 Å². The highest BCUT2D eigenvalue weighted by Crippen LogP contribution is 2.20. The van der Waals surface area contributed by atoms with Gasteiger partial charge in [-0.05, 0) is 23.6 Å². The molecule has 1 aromatic heterocycles. The number of aromatic nitrogens is 1. The molecule has 0 bridgehead atoms. The second-order valence-electron chi connectivity index (χ2n) is 2.89. The van der Waals surface area contributed by atoms with Crippen LogP contribution in [0.3, 0.4) is 0 Å². The topological polar surface area (TPSA) is 45.9 Å². The van der Waals surface area contributed by atoms with Crippen molar-refractivity contribution < 1.29 is 4.74 Å². The van der Waals surface area contributed by atoms with E-state index in [0.717, 1.165) is 16.5 Å². The molecule has 0 aliphatic rings. The van der Waals surface area contributed by atoms with E-state index in [1.807, 2.05) is 24.3 Å². The fraction of sp³-hybridized carbons (Fsp3) is 0.0909. The van der Waals surface area contributed by atoms with Gasteiger partial charge in [-0.1, -0.05) is 6.07 Å². The van der Waals surface area contributed by atoms with Gasteiger partial charge in [0.05, 0.1) is 7.11 Å². The van der Waals surface area contributed by atoms with Crippen molar-refractivity contribution in [3.8, 4) is 11.8 Å². The number of hydrogen-bond donors (Lipinski definition) is 0. The van der Waals surface area contributed by atoms with Crippen molar-refractivity contribution in [3.63, 3.8) is 0 Å². The molecule has 1 heterocycles. The molecule has 0 saturated heterocycles. The number of nitrogens with zero attached hydrogens (tertiary/aromatic N) is 2. The predicted octanol–water partition coefficient (Wildman–Crippen LogP) is 2.12. The van der Waals surface area contributed by atoms with E-state index < -0.39 is 0 Å². The summed E-state index contributed by atoms with van der Waals surface area (Å²) in [5, 5.41) is 10.6. The molecule has 0 spiro atoms. The van der Waals surface area contributed by atoms with Gasteiger partial charge in [-0.25, -0.2) is 4.98 Å². The normalized spacial score (nSPS) is 9.71. The number of rotatable bonds is 1. The monoisotopic (exact) mass is 184 g/mol. The quantitative estimate of drug-likeness (QED) is 0.681. The summed E-state index contributed by atoms with van der Waals surface area (Å²) >= 11 is 0. The first kappa shape index (κ1) is 8.52. The number of nitriles is 1. The fourth-order valence-electron chi connectivity index (χ4n) is 1.31. The maximum Gasteiger partial charge on any atom is 0.141 e.